The summed E-state index contributed by atoms with van der Waals surface area (Å²) in [6.07, 6.45) is 8.96. The summed E-state index contributed by atoms with van der Waals surface area (Å²) in [5, 5.41) is 8.67. The van der Waals surface area contributed by atoms with Gasteiger partial charge in [0.15, 0.2) is 5.79 Å². The first kappa shape index (κ1) is 13.8. The standard InChI is InChI=1S/C15H25NO2/c1-12-11-13(2)18-15(17-12)9-5-3-7-14(15)8-4-6-10-16/h12-14H,3-9,11H2,1-2H3/t12-,13-,14+/m1/s1. The van der Waals surface area contributed by atoms with Crippen molar-refractivity contribution in [2.45, 2.75) is 83.2 Å². The second-order valence-corrected chi connectivity index (χ2v) is 5.90. The number of unbranched alkanes of at least 4 members (excludes halogenated alkanes) is 1. The van der Waals surface area contributed by atoms with Crippen LogP contribution in [0.15, 0.2) is 0 Å². The Balaban J connectivity index is 2.03. The summed E-state index contributed by atoms with van der Waals surface area (Å²) in [4.78, 5) is 0. The summed E-state index contributed by atoms with van der Waals surface area (Å²) in [6, 6.07) is 2.23. The monoisotopic (exact) mass is 251 g/mol. The lowest BCUT2D eigenvalue weighted by atomic mass is 9.79. The molecule has 1 saturated carbocycles. The van der Waals surface area contributed by atoms with E-state index < -0.39 is 0 Å². The normalized spacial score (nSPS) is 40.6. The number of hydrogen-bond acceptors (Lipinski definition) is 3. The zero-order valence-corrected chi connectivity index (χ0v) is 11.7. The number of ether oxygens (including phenoxy) is 2. The van der Waals surface area contributed by atoms with E-state index in [4.69, 9.17) is 14.7 Å². The second-order valence-electron chi connectivity index (χ2n) is 5.90. The predicted molar refractivity (Wildman–Crippen MR) is 69.9 cm³/mol. The van der Waals surface area contributed by atoms with Gasteiger partial charge in [0.2, 0.25) is 0 Å². The molecule has 1 aliphatic carbocycles. The molecule has 2 fully saturated rings. The third-order valence-corrected chi connectivity index (χ3v) is 4.26. The number of rotatable bonds is 3. The molecule has 3 atom stereocenters. The lowest BCUT2D eigenvalue weighted by Gasteiger charge is -2.50. The van der Waals surface area contributed by atoms with Crippen LogP contribution in [0.3, 0.4) is 0 Å². The van der Waals surface area contributed by atoms with E-state index in [-0.39, 0.29) is 5.79 Å². The Morgan fingerprint density at radius 2 is 1.94 bits per heavy atom. The molecule has 3 nitrogen and oxygen atoms in total. The molecule has 1 spiro atoms. The maximum atomic E-state index is 8.67. The number of nitrogens with zero attached hydrogens (tertiary/aromatic N) is 1. The van der Waals surface area contributed by atoms with Crippen molar-refractivity contribution in [3.05, 3.63) is 0 Å². The topological polar surface area (TPSA) is 42.2 Å². The van der Waals surface area contributed by atoms with Gasteiger partial charge >= 0.3 is 0 Å². The highest BCUT2D eigenvalue weighted by Gasteiger charge is 2.47. The van der Waals surface area contributed by atoms with Gasteiger partial charge in [-0.05, 0) is 46.0 Å². The highest BCUT2D eigenvalue weighted by molar-refractivity contribution is 4.89. The first-order valence-corrected chi connectivity index (χ1v) is 7.39. The Kier molecular flexibility index (Phi) is 4.64. The minimum Gasteiger partial charge on any atom is -0.347 e. The van der Waals surface area contributed by atoms with Crippen molar-refractivity contribution >= 4 is 0 Å². The molecule has 0 bridgehead atoms. The van der Waals surface area contributed by atoms with Crippen LogP contribution in [-0.4, -0.2) is 18.0 Å². The van der Waals surface area contributed by atoms with Crippen LogP contribution in [0.5, 0.6) is 0 Å². The van der Waals surface area contributed by atoms with E-state index >= 15 is 0 Å². The van der Waals surface area contributed by atoms with Gasteiger partial charge in [-0.1, -0.05) is 6.42 Å². The minimum atomic E-state index is -0.342. The number of nitriles is 1. The Hall–Kier alpha value is -0.590. The third-order valence-electron chi connectivity index (χ3n) is 4.26. The first-order chi connectivity index (χ1) is 8.66. The van der Waals surface area contributed by atoms with Gasteiger partial charge in [0.25, 0.3) is 0 Å². The molecule has 2 rings (SSSR count). The molecule has 1 saturated heterocycles. The maximum absolute atomic E-state index is 8.67. The summed E-state index contributed by atoms with van der Waals surface area (Å²) >= 11 is 0. The van der Waals surface area contributed by atoms with Crippen molar-refractivity contribution in [2.24, 2.45) is 5.92 Å². The molecule has 1 aliphatic heterocycles. The van der Waals surface area contributed by atoms with Gasteiger partial charge in [0.1, 0.15) is 0 Å². The van der Waals surface area contributed by atoms with E-state index in [1.165, 1.54) is 19.3 Å². The number of hydrogen-bond donors (Lipinski definition) is 0. The molecular formula is C15H25NO2. The fraction of sp³-hybridized carbons (Fsp3) is 0.933. The summed E-state index contributed by atoms with van der Waals surface area (Å²) in [7, 11) is 0. The van der Waals surface area contributed by atoms with Crippen LogP contribution >= 0.6 is 0 Å². The van der Waals surface area contributed by atoms with E-state index in [1.54, 1.807) is 0 Å². The van der Waals surface area contributed by atoms with Crippen LogP contribution in [0.25, 0.3) is 0 Å². The molecule has 3 heteroatoms. The van der Waals surface area contributed by atoms with Crippen molar-refractivity contribution < 1.29 is 9.47 Å². The van der Waals surface area contributed by atoms with Crippen LogP contribution < -0.4 is 0 Å². The molecule has 0 N–H and O–H groups in total. The van der Waals surface area contributed by atoms with E-state index in [1.807, 2.05) is 0 Å². The SMILES string of the molecule is C[C@@H]1C[C@@H](C)OC2(CCCC[C@H]2CCCC#N)O1. The largest absolute Gasteiger partial charge is 0.347 e. The average Bonchev–Trinajstić information content (AvgIpc) is 2.30. The lowest BCUT2D eigenvalue weighted by molar-refractivity contribution is -0.345. The zero-order valence-electron chi connectivity index (χ0n) is 11.7. The van der Waals surface area contributed by atoms with E-state index in [9.17, 15) is 0 Å². The van der Waals surface area contributed by atoms with Crippen molar-refractivity contribution in [1.82, 2.24) is 0 Å². The van der Waals surface area contributed by atoms with Crippen LogP contribution in [0.1, 0.15) is 65.2 Å². The summed E-state index contributed by atoms with van der Waals surface area (Å²) in [6.45, 7) is 4.31. The lowest BCUT2D eigenvalue weighted by Crippen LogP contribution is -2.53. The molecular weight excluding hydrogens is 226 g/mol. The Morgan fingerprint density at radius 3 is 2.61 bits per heavy atom. The summed E-state index contributed by atoms with van der Waals surface area (Å²) in [5.74, 6) is 0.134. The molecule has 0 aromatic carbocycles. The fourth-order valence-corrected chi connectivity index (χ4v) is 3.56. The Labute approximate surface area is 110 Å². The van der Waals surface area contributed by atoms with Crippen LogP contribution in [0, 0.1) is 17.2 Å². The maximum Gasteiger partial charge on any atom is 0.171 e. The van der Waals surface area contributed by atoms with Gasteiger partial charge in [-0.3, -0.25) is 0 Å². The van der Waals surface area contributed by atoms with Crippen LogP contribution in [0.4, 0.5) is 0 Å². The van der Waals surface area contributed by atoms with E-state index in [0.717, 1.165) is 25.7 Å². The van der Waals surface area contributed by atoms with Gasteiger partial charge in [-0.2, -0.15) is 5.26 Å². The van der Waals surface area contributed by atoms with Crippen molar-refractivity contribution in [1.29, 1.82) is 5.26 Å². The molecule has 2 aliphatic rings. The smallest absolute Gasteiger partial charge is 0.171 e. The molecule has 0 aromatic heterocycles. The molecule has 102 valence electrons. The highest BCUT2D eigenvalue weighted by Crippen LogP contribution is 2.44. The van der Waals surface area contributed by atoms with Crippen LogP contribution in [-0.2, 0) is 9.47 Å². The van der Waals surface area contributed by atoms with Crippen molar-refractivity contribution in [3.8, 4) is 6.07 Å². The molecule has 0 amide bonds. The predicted octanol–water partition coefficient (Wildman–Crippen LogP) is 3.78. The third kappa shape index (κ3) is 3.05. The van der Waals surface area contributed by atoms with Crippen LogP contribution in [0.2, 0.25) is 0 Å². The first-order valence-electron chi connectivity index (χ1n) is 7.39. The Morgan fingerprint density at radius 1 is 1.22 bits per heavy atom. The average molecular weight is 251 g/mol. The van der Waals surface area contributed by atoms with E-state index in [2.05, 4.69) is 19.9 Å². The molecule has 0 radical (unpaired) electrons. The highest BCUT2D eigenvalue weighted by atomic mass is 16.7. The van der Waals surface area contributed by atoms with Gasteiger partial charge in [-0.25, -0.2) is 0 Å². The van der Waals surface area contributed by atoms with Gasteiger partial charge < -0.3 is 9.47 Å². The van der Waals surface area contributed by atoms with Gasteiger partial charge in [-0.15, -0.1) is 0 Å². The fourth-order valence-electron chi connectivity index (χ4n) is 3.56. The van der Waals surface area contributed by atoms with Gasteiger partial charge in [0.05, 0.1) is 18.3 Å². The summed E-state index contributed by atoms with van der Waals surface area (Å²) < 4.78 is 12.4. The zero-order chi connectivity index (χ0) is 13.0. The van der Waals surface area contributed by atoms with Crippen molar-refractivity contribution in [3.63, 3.8) is 0 Å². The van der Waals surface area contributed by atoms with E-state index in [0.29, 0.717) is 24.5 Å². The quantitative estimate of drug-likeness (QED) is 0.717. The van der Waals surface area contributed by atoms with Crippen molar-refractivity contribution in [2.75, 3.05) is 0 Å². The minimum absolute atomic E-state index is 0.297. The Bertz CT molecular complexity index is 300. The second kappa shape index (κ2) is 6.04. The molecule has 18 heavy (non-hydrogen) atoms. The van der Waals surface area contributed by atoms with Gasteiger partial charge in [0, 0.05) is 18.8 Å². The molecule has 1 heterocycles. The molecule has 0 aromatic rings. The molecule has 0 unspecified atom stereocenters. The summed E-state index contributed by atoms with van der Waals surface area (Å²) in [5.41, 5.74) is 0.